The molecule has 0 radical (unpaired) electrons. The topological polar surface area (TPSA) is 132 Å². The first-order valence-electron chi connectivity index (χ1n) is 14.2. The third-order valence-electron chi connectivity index (χ3n) is 9.76. The van der Waals surface area contributed by atoms with Crippen LogP contribution in [-0.2, 0) is 30.4 Å². The van der Waals surface area contributed by atoms with Crippen molar-refractivity contribution in [1.29, 1.82) is 0 Å². The van der Waals surface area contributed by atoms with Gasteiger partial charge in [-0.3, -0.25) is 28.9 Å². The van der Waals surface area contributed by atoms with Gasteiger partial charge in [-0.15, -0.1) is 6.58 Å². The number of phenolic OH excluding ortho intramolecular Hbond substituents is 1. The van der Waals surface area contributed by atoms with Crippen molar-refractivity contribution in [2.45, 2.75) is 38.5 Å². The minimum absolute atomic E-state index is 0.0152. The molecule has 9 nitrogen and oxygen atoms in total. The molecule has 2 aliphatic carbocycles. The normalized spacial score (nSPS) is 30.1. The molecule has 6 unspecified atom stereocenters. The number of fused-ring (bicyclic) bond motifs is 4. The molecule has 2 heterocycles. The molecule has 1 saturated carbocycles. The fourth-order valence-corrected chi connectivity index (χ4v) is 7.84. The molecular formula is C33H32N2O7. The summed E-state index contributed by atoms with van der Waals surface area (Å²) >= 11 is 0. The van der Waals surface area contributed by atoms with E-state index in [1.165, 1.54) is 4.90 Å². The van der Waals surface area contributed by atoms with Crippen LogP contribution in [-0.4, -0.2) is 51.3 Å². The van der Waals surface area contributed by atoms with Gasteiger partial charge in [0, 0.05) is 18.0 Å². The second kappa shape index (κ2) is 10.1. The first kappa shape index (κ1) is 27.6. The number of carbonyl (C=O) groups excluding carboxylic acids is 4. The second-order valence-corrected chi connectivity index (χ2v) is 11.8. The van der Waals surface area contributed by atoms with E-state index in [1.807, 2.05) is 6.08 Å². The van der Waals surface area contributed by atoms with Gasteiger partial charge >= 0.3 is 5.97 Å². The molecule has 0 aromatic heterocycles. The third-order valence-corrected chi connectivity index (χ3v) is 9.76. The van der Waals surface area contributed by atoms with Crippen molar-refractivity contribution >= 4 is 35.3 Å². The van der Waals surface area contributed by atoms with E-state index in [4.69, 9.17) is 0 Å². The molecular weight excluding hydrogens is 536 g/mol. The number of carboxylic acids is 1. The minimum Gasteiger partial charge on any atom is -0.507 e. The van der Waals surface area contributed by atoms with Crippen LogP contribution in [0, 0.1) is 29.1 Å². The highest BCUT2D eigenvalue weighted by Gasteiger charge is 2.67. The molecule has 2 saturated heterocycles. The van der Waals surface area contributed by atoms with Crippen LogP contribution in [0.5, 0.6) is 5.75 Å². The second-order valence-electron chi connectivity index (χ2n) is 11.8. The average Bonchev–Trinajstić information content (AvgIpc) is 3.33. The third kappa shape index (κ3) is 3.86. The van der Waals surface area contributed by atoms with Gasteiger partial charge in [0.05, 0.1) is 35.3 Å². The maximum atomic E-state index is 14.4. The number of carboxylic acid groups (broad SMARTS) is 1. The first-order valence-corrected chi connectivity index (χ1v) is 14.2. The Labute approximate surface area is 243 Å². The van der Waals surface area contributed by atoms with E-state index in [-0.39, 0.29) is 43.4 Å². The molecule has 9 heteroatoms. The van der Waals surface area contributed by atoms with Gasteiger partial charge in [0.15, 0.2) is 0 Å². The highest BCUT2D eigenvalue weighted by Crippen LogP contribution is 2.64. The predicted molar refractivity (Wildman–Crippen MR) is 152 cm³/mol. The van der Waals surface area contributed by atoms with Gasteiger partial charge < -0.3 is 10.2 Å². The van der Waals surface area contributed by atoms with Crippen LogP contribution < -0.4 is 4.90 Å². The number of hydrogen-bond donors (Lipinski definition) is 2. The molecule has 4 amide bonds. The highest BCUT2D eigenvalue weighted by molar-refractivity contribution is 6.24. The summed E-state index contributed by atoms with van der Waals surface area (Å²) in [6.45, 7) is 5.34. The van der Waals surface area contributed by atoms with Crippen molar-refractivity contribution in [2.75, 3.05) is 11.4 Å². The summed E-state index contributed by atoms with van der Waals surface area (Å²) in [6, 6.07) is 14.1. The largest absolute Gasteiger partial charge is 0.507 e. The number of nitrogens with zero attached hydrogens (tertiary/aromatic N) is 2. The van der Waals surface area contributed by atoms with Gasteiger partial charge in [-0.05, 0) is 49.8 Å². The van der Waals surface area contributed by atoms with E-state index in [1.54, 1.807) is 61.5 Å². The fraction of sp³-hybridized carbons (Fsp3) is 0.364. The number of aliphatic carboxylic acids is 1. The summed E-state index contributed by atoms with van der Waals surface area (Å²) in [5, 5.41) is 20.7. The summed E-state index contributed by atoms with van der Waals surface area (Å²) < 4.78 is 0. The van der Waals surface area contributed by atoms with E-state index >= 15 is 0 Å². The number of aromatic hydroxyl groups is 1. The maximum Gasteiger partial charge on any atom is 0.305 e. The molecule has 2 aliphatic heterocycles. The number of amides is 4. The number of likely N-dealkylation sites (tertiary alicyclic amines) is 1. The lowest BCUT2D eigenvalue weighted by atomic mass is 9.51. The molecule has 6 atom stereocenters. The van der Waals surface area contributed by atoms with E-state index < -0.39 is 52.8 Å². The lowest BCUT2D eigenvalue weighted by Gasteiger charge is -2.49. The highest BCUT2D eigenvalue weighted by atomic mass is 16.4. The summed E-state index contributed by atoms with van der Waals surface area (Å²) in [4.78, 5) is 69.1. The van der Waals surface area contributed by atoms with Crippen molar-refractivity contribution < 1.29 is 34.2 Å². The molecule has 4 aliphatic rings. The summed E-state index contributed by atoms with van der Waals surface area (Å²) in [7, 11) is 0. The van der Waals surface area contributed by atoms with E-state index in [2.05, 4.69) is 6.58 Å². The van der Waals surface area contributed by atoms with E-state index in [0.29, 0.717) is 23.2 Å². The zero-order valence-electron chi connectivity index (χ0n) is 23.2. The van der Waals surface area contributed by atoms with Crippen LogP contribution in [0.4, 0.5) is 5.69 Å². The van der Waals surface area contributed by atoms with Crippen LogP contribution in [0.25, 0.3) is 0 Å². The molecule has 0 bridgehead atoms. The van der Waals surface area contributed by atoms with Crippen LogP contribution in [0.15, 0.2) is 72.8 Å². The van der Waals surface area contributed by atoms with E-state index in [9.17, 15) is 34.2 Å². The Morgan fingerprint density at radius 1 is 1.02 bits per heavy atom. The Balaban J connectivity index is 1.51. The Hall–Kier alpha value is -4.53. The smallest absolute Gasteiger partial charge is 0.305 e. The van der Waals surface area contributed by atoms with Gasteiger partial charge in [-0.1, -0.05) is 54.1 Å². The Morgan fingerprint density at radius 2 is 1.76 bits per heavy atom. The summed E-state index contributed by atoms with van der Waals surface area (Å²) in [5.41, 5.74) is 1.07. The standard InChI is InChI=1S/C33H32N2O7/c1-3-8-18-9-7-12-22(28(18)38)27-20-13-14-21-26(31(41)34(29(21)39)16-15-25(36)37)23(20)17-24-30(40)35(32(42)33(24,27)2)19-10-5-4-6-11-19/h3-7,9-13,21,23-24,26-27,38H,1,8,14-17H2,2H3,(H,36,37). The van der Waals surface area contributed by atoms with Crippen LogP contribution in [0.2, 0.25) is 0 Å². The molecule has 2 aromatic carbocycles. The minimum atomic E-state index is -1.26. The Kier molecular flexibility index (Phi) is 6.63. The van der Waals surface area contributed by atoms with Crippen molar-refractivity contribution in [3.8, 4) is 5.75 Å². The number of imide groups is 2. The van der Waals surface area contributed by atoms with Gasteiger partial charge in [-0.25, -0.2) is 4.90 Å². The van der Waals surface area contributed by atoms with Gasteiger partial charge in [0.25, 0.3) is 0 Å². The number of phenols is 1. The Bertz CT molecular complexity index is 1560. The quantitative estimate of drug-likeness (QED) is 0.383. The number of benzene rings is 2. The number of allylic oxidation sites excluding steroid dienone is 3. The number of hydrogen-bond acceptors (Lipinski definition) is 6. The number of carbonyl (C=O) groups is 5. The number of rotatable bonds is 7. The molecule has 3 fully saturated rings. The molecule has 2 aromatic rings. The van der Waals surface area contributed by atoms with Crippen molar-refractivity contribution in [3.05, 3.63) is 84.0 Å². The monoisotopic (exact) mass is 568 g/mol. The average molecular weight is 569 g/mol. The molecule has 42 heavy (non-hydrogen) atoms. The SMILES string of the molecule is C=CCc1cccc(C2C3=CCC4C(=O)N(CCC(=O)O)C(=O)C4C3CC3C(=O)N(c4ccccc4)C(=O)C32C)c1O. The van der Waals surface area contributed by atoms with E-state index in [0.717, 1.165) is 10.5 Å². The number of para-hydroxylation sites is 2. The van der Waals surface area contributed by atoms with Crippen molar-refractivity contribution in [3.63, 3.8) is 0 Å². The zero-order valence-corrected chi connectivity index (χ0v) is 23.2. The van der Waals surface area contributed by atoms with Crippen LogP contribution in [0.3, 0.4) is 0 Å². The van der Waals surface area contributed by atoms with Gasteiger partial charge in [0.1, 0.15) is 5.75 Å². The lowest BCUT2D eigenvalue weighted by Crippen LogP contribution is -2.49. The number of anilines is 1. The predicted octanol–water partition coefficient (Wildman–Crippen LogP) is 3.83. The van der Waals surface area contributed by atoms with Crippen LogP contribution in [0.1, 0.15) is 43.2 Å². The van der Waals surface area contributed by atoms with Crippen molar-refractivity contribution in [2.24, 2.45) is 29.1 Å². The zero-order chi connectivity index (χ0) is 29.9. The molecule has 216 valence electrons. The molecule has 0 spiro atoms. The van der Waals surface area contributed by atoms with Gasteiger partial charge in [0.2, 0.25) is 23.6 Å². The van der Waals surface area contributed by atoms with Crippen molar-refractivity contribution in [1.82, 2.24) is 4.90 Å². The summed E-state index contributed by atoms with van der Waals surface area (Å²) in [5.74, 6) is -6.19. The lowest BCUT2D eigenvalue weighted by molar-refractivity contribution is -0.142. The van der Waals surface area contributed by atoms with Crippen LogP contribution >= 0.6 is 0 Å². The Morgan fingerprint density at radius 3 is 2.45 bits per heavy atom. The fourth-order valence-electron chi connectivity index (χ4n) is 7.84. The molecule has 2 N–H and O–H groups in total. The summed E-state index contributed by atoms with van der Waals surface area (Å²) in [6.07, 6.45) is 4.06. The molecule has 6 rings (SSSR count). The van der Waals surface area contributed by atoms with Gasteiger partial charge in [-0.2, -0.15) is 0 Å². The maximum absolute atomic E-state index is 14.4. The first-order chi connectivity index (χ1) is 20.1.